The summed E-state index contributed by atoms with van der Waals surface area (Å²) in [5, 5.41) is 0. The Morgan fingerprint density at radius 3 is 1.97 bits per heavy atom. The summed E-state index contributed by atoms with van der Waals surface area (Å²) in [7, 11) is 0. The number of anilines is 1. The largest absolute Gasteiger partial charge is 0.464 e. The third-order valence-corrected chi connectivity index (χ3v) is 5.47. The molecule has 0 N–H and O–H groups in total. The average Bonchev–Trinajstić information content (AvgIpc) is 3.03. The van der Waals surface area contributed by atoms with Crippen molar-refractivity contribution in [2.45, 2.75) is 19.4 Å². The lowest BCUT2D eigenvalue weighted by Gasteiger charge is -2.25. The number of benzene rings is 2. The van der Waals surface area contributed by atoms with E-state index in [0.29, 0.717) is 36.0 Å². The zero-order valence-electron chi connectivity index (χ0n) is 17.6. The smallest absolute Gasteiger partial charge is 0.329 e. The maximum Gasteiger partial charge on any atom is 0.329 e. The predicted molar refractivity (Wildman–Crippen MR) is 128 cm³/mol. The Bertz CT molecular complexity index is 912. The fraction of sp³-hybridized carbons (Fsp3) is 0.348. The minimum atomic E-state index is -1.04. The third-order valence-electron chi connectivity index (χ3n) is 5.14. The summed E-state index contributed by atoms with van der Waals surface area (Å²) in [6.07, 6.45) is 0.162. The fourth-order valence-electron chi connectivity index (χ4n) is 3.65. The Labute approximate surface area is 203 Å². The van der Waals surface area contributed by atoms with Gasteiger partial charge in [-0.3, -0.25) is 14.5 Å². The molecule has 0 aromatic heterocycles. The van der Waals surface area contributed by atoms with Crippen molar-refractivity contribution < 1.29 is 19.1 Å². The van der Waals surface area contributed by atoms with Crippen LogP contribution in [-0.2, 0) is 16.0 Å². The second kappa shape index (κ2) is 12.1. The molecule has 0 fully saturated rings. The van der Waals surface area contributed by atoms with Gasteiger partial charge in [0.1, 0.15) is 6.04 Å². The Hall–Kier alpha value is -2.28. The van der Waals surface area contributed by atoms with E-state index in [1.807, 2.05) is 24.3 Å². The summed E-state index contributed by atoms with van der Waals surface area (Å²) in [6, 6.07) is 13.1. The van der Waals surface area contributed by atoms with Crippen LogP contribution in [0.3, 0.4) is 0 Å². The number of hydrogen-bond acceptors (Lipinski definition) is 5. The number of rotatable bonds is 10. The number of fused-ring (bicyclic) bond motifs is 1. The number of nitrogens with zero attached hydrogens (tertiary/aromatic N) is 2. The lowest BCUT2D eigenvalue weighted by molar-refractivity contribution is -0.147. The van der Waals surface area contributed by atoms with Crippen LogP contribution in [0.25, 0.3) is 0 Å². The summed E-state index contributed by atoms with van der Waals surface area (Å²) >= 11 is 11.8. The van der Waals surface area contributed by atoms with Crippen molar-refractivity contribution in [3.63, 3.8) is 0 Å². The van der Waals surface area contributed by atoms with Crippen molar-refractivity contribution in [2.75, 3.05) is 36.4 Å². The summed E-state index contributed by atoms with van der Waals surface area (Å²) in [4.78, 5) is 41.6. The van der Waals surface area contributed by atoms with Crippen molar-refractivity contribution in [3.8, 4) is 0 Å². The molecule has 32 heavy (non-hydrogen) atoms. The molecule has 1 aliphatic rings. The predicted octanol–water partition coefficient (Wildman–Crippen LogP) is 4.16. The van der Waals surface area contributed by atoms with Crippen LogP contribution in [0.2, 0.25) is 0 Å². The van der Waals surface area contributed by atoms with Crippen LogP contribution < -0.4 is 4.90 Å². The Balaban J connectivity index is 0.00000363. The van der Waals surface area contributed by atoms with Gasteiger partial charge in [-0.1, -0.05) is 24.3 Å². The Morgan fingerprint density at radius 1 is 0.969 bits per heavy atom. The van der Waals surface area contributed by atoms with Gasteiger partial charge in [0.2, 0.25) is 0 Å². The number of carbonyl (C=O) groups is 3. The lowest BCUT2D eigenvalue weighted by Crippen LogP contribution is -2.47. The van der Waals surface area contributed by atoms with Gasteiger partial charge in [0.05, 0.1) is 17.7 Å². The van der Waals surface area contributed by atoms with Crippen molar-refractivity contribution in [3.05, 3.63) is 65.2 Å². The zero-order chi connectivity index (χ0) is 22.4. The van der Waals surface area contributed by atoms with E-state index in [2.05, 4.69) is 4.90 Å². The molecule has 1 unspecified atom stereocenters. The maximum absolute atomic E-state index is 12.9. The van der Waals surface area contributed by atoms with E-state index in [-0.39, 0.29) is 25.4 Å². The normalized spacial score (nSPS) is 13.4. The molecule has 1 heterocycles. The molecule has 6 nitrogen and oxygen atoms in total. The summed E-state index contributed by atoms with van der Waals surface area (Å²) in [6.45, 7) is 3.17. The van der Waals surface area contributed by atoms with Gasteiger partial charge in [0, 0.05) is 37.0 Å². The van der Waals surface area contributed by atoms with Crippen molar-refractivity contribution in [1.82, 2.24) is 4.90 Å². The van der Waals surface area contributed by atoms with Gasteiger partial charge in [-0.2, -0.15) is 0 Å². The Kier molecular flexibility index (Phi) is 9.82. The molecule has 1 atom stereocenters. The zero-order valence-corrected chi connectivity index (χ0v) is 20.0. The van der Waals surface area contributed by atoms with Gasteiger partial charge in [-0.05, 0) is 36.8 Å². The van der Waals surface area contributed by atoms with Crippen molar-refractivity contribution >= 4 is 59.1 Å². The van der Waals surface area contributed by atoms with Crippen LogP contribution >= 0.6 is 35.6 Å². The fourth-order valence-corrected chi connectivity index (χ4v) is 4.06. The van der Waals surface area contributed by atoms with Gasteiger partial charge in [0.25, 0.3) is 11.8 Å². The molecule has 0 radical (unpaired) electrons. The molecule has 1 aliphatic heterocycles. The summed E-state index contributed by atoms with van der Waals surface area (Å²) in [5.74, 6) is -0.615. The van der Waals surface area contributed by atoms with Crippen LogP contribution in [0.5, 0.6) is 0 Å². The molecular weight excluding hydrogens is 475 g/mol. The molecule has 9 heteroatoms. The standard InChI is InChI=1S/C23H24Cl2N2O4.ClH/c1-2-31-23(30)20(27-21(28)18-5-3-4-6-19(18)22(27)29)15-16-7-9-17(10-8-16)26(13-11-24)14-12-25;/h3-10,20H,2,11-15H2,1H3;1H. The van der Waals surface area contributed by atoms with Gasteiger partial charge in [-0.25, -0.2) is 4.79 Å². The molecule has 0 saturated carbocycles. The number of carbonyl (C=O) groups excluding carboxylic acids is 3. The minimum absolute atomic E-state index is 0. The van der Waals surface area contributed by atoms with Crippen LogP contribution in [-0.4, -0.2) is 60.2 Å². The number of alkyl halides is 2. The highest BCUT2D eigenvalue weighted by Crippen LogP contribution is 2.27. The monoisotopic (exact) mass is 498 g/mol. The number of ether oxygens (including phenoxy) is 1. The molecule has 2 amide bonds. The highest BCUT2D eigenvalue weighted by Gasteiger charge is 2.43. The van der Waals surface area contributed by atoms with E-state index in [1.54, 1.807) is 31.2 Å². The highest BCUT2D eigenvalue weighted by molar-refractivity contribution is 6.22. The minimum Gasteiger partial charge on any atom is -0.464 e. The molecule has 0 aliphatic carbocycles. The molecule has 2 aromatic rings. The van der Waals surface area contributed by atoms with Crippen LogP contribution in [0.15, 0.2) is 48.5 Å². The first-order valence-corrected chi connectivity index (χ1v) is 11.2. The van der Waals surface area contributed by atoms with Crippen LogP contribution in [0.4, 0.5) is 5.69 Å². The first-order valence-electron chi connectivity index (χ1n) is 10.1. The quantitative estimate of drug-likeness (QED) is 0.279. The van der Waals surface area contributed by atoms with E-state index in [0.717, 1.165) is 16.2 Å². The number of hydrogen-bond donors (Lipinski definition) is 0. The molecule has 2 aromatic carbocycles. The lowest BCUT2D eigenvalue weighted by atomic mass is 10.0. The van der Waals surface area contributed by atoms with Crippen molar-refractivity contribution in [2.24, 2.45) is 0 Å². The van der Waals surface area contributed by atoms with Crippen LogP contribution in [0, 0.1) is 0 Å². The molecule has 0 saturated heterocycles. The molecule has 0 spiro atoms. The second-order valence-electron chi connectivity index (χ2n) is 7.03. The molecule has 172 valence electrons. The Morgan fingerprint density at radius 2 is 1.50 bits per heavy atom. The van der Waals surface area contributed by atoms with E-state index in [1.165, 1.54) is 0 Å². The second-order valence-corrected chi connectivity index (χ2v) is 7.79. The molecule has 3 rings (SSSR count). The SMILES string of the molecule is CCOC(=O)C(Cc1ccc(N(CCCl)CCCl)cc1)N1C(=O)c2ccccc2C1=O.Cl. The average molecular weight is 500 g/mol. The number of esters is 1. The highest BCUT2D eigenvalue weighted by atomic mass is 35.5. The maximum atomic E-state index is 12.9. The van der Waals surface area contributed by atoms with E-state index >= 15 is 0 Å². The first kappa shape index (κ1) is 26.0. The van der Waals surface area contributed by atoms with Crippen LogP contribution in [0.1, 0.15) is 33.2 Å². The third kappa shape index (κ3) is 5.55. The first-order chi connectivity index (χ1) is 15.0. The van der Waals surface area contributed by atoms with Gasteiger partial charge in [0.15, 0.2) is 0 Å². The number of imide groups is 1. The van der Waals surface area contributed by atoms with Crippen molar-refractivity contribution in [1.29, 1.82) is 0 Å². The van der Waals surface area contributed by atoms with Gasteiger partial charge in [-0.15, -0.1) is 35.6 Å². The topological polar surface area (TPSA) is 66.9 Å². The van der Waals surface area contributed by atoms with E-state index in [9.17, 15) is 14.4 Å². The molecule has 0 bridgehead atoms. The summed E-state index contributed by atoms with van der Waals surface area (Å²) in [5.41, 5.74) is 2.36. The number of amides is 2. The van der Waals surface area contributed by atoms with E-state index < -0.39 is 23.8 Å². The van der Waals surface area contributed by atoms with Gasteiger partial charge >= 0.3 is 5.97 Å². The summed E-state index contributed by atoms with van der Waals surface area (Å²) < 4.78 is 5.19. The number of halogens is 3. The van der Waals surface area contributed by atoms with E-state index in [4.69, 9.17) is 27.9 Å². The van der Waals surface area contributed by atoms with Gasteiger partial charge < -0.3 is 9.64 Å². The molecular formula is C23H25Cl3N2O4.